The van der Waals surface area contributed by atoms with E-state index in [0.717, 1.165) is 6.92 Å². The van der Waals surface area contributed by atoms with Crippen LogP contribution in [0.2, 0.25) is 0 Å². The fraction of sp³-hybridized carbons (Fsp3) is 0.700. The molecule has 0 radical (unpaired) electrons. The van der Waals surface area contributed by atoms with Crippen molar-refractivity contribution in [1.29, 1.82) is 0 Å². The number of nitrogens with two attached hydrogens (primary N) is 2. The summed E-state index contributed by atoms with van der Waals surface area (Å²) in [6.45, 7) is 4.81. The number of hydrogen-bond acceptors (Lipinski definition) is 8. The molecule has 0 saturated carbocycles. The maximum absolute atomic E-state index is 12.8. The van der Waals surface area contributed by atoms with Crippen LogP contribution in [0.15, 0.2) is 0 Å². The zero-order valence-corrected chi connectivity index (χ0v) is 19.4. The Balaban J connectivity index is 5.62. The molecular weight excluding hydrogens is 454 g/mol. The lowest BCUT2D eigenvalue weighted by Gasteiger charge is -2.25. The van der Waals surface area contributed by atoms with E-state index in [1.165, 1.54) is 0 Å². The second-order valence-corrected chi connectivity index (χ2v) is 8.36. The Labute approximate surface area is 196 Å². The van der Waals surface area contributed by atoms with Gasteiger partial charge in [0.1, 0.15) is 12.1 Å². The molecule has 0 rings (SSSR count). The first-order chi connectivity index (χ1) is 15.6. The number of nitrogens with one attached hydrogen (secondary N) is 3. The molecule has 0 saturated heterocycles. The average molecular weight is 490 g/mol. The number of aliphatic carboxylic acids is 2. The summed E-state index contributed by atoms with van der Waals surface area (Å²) < 4.78 is 0. The van der Waals surface area contributed by atoms with Crippen LogP contribution in [0.1, 0.15) is 52.9 Å². The molecule has 0 aliphatic carbocycles. The minimum absolute atomic E-state index is 0.0823. The number of carbonyl (C=O) groups is 6. The molecule has 0 heterocycles. The van der Waals surface area contributed by atoms with Gasteiger partial charge in [0.05, 0.1) is 12.1 Å². The minimum atomic E-state index is -1.71. The van der Waals surface area contributed by atoms with Crippen LogP contribution in [-0.2, 0) is 28.8 Å². The number of aliphatic hydroxyl groups is 1. The zero-order chi connectivity index (χ0) is 26.6. The molecule has 0 fully saturated rings. The maximum atomic E-state index is 12.8. The number of carboxylic acids is 2. The van der Waals surface area contributed by atoms with Crippen molar-refractivity contribution in [2.45, 2.75) is 83.1 Å². The Hall–Kier alpha value is -3.26. The van der Waals surface area contributed by atoms with E-state index in [4.69, 9.17) is 21.7 Å². The summed E-state index contributed by atoms with van der Waals surface area (Å²) in [4.78, 5) is 71.2. The van der Waals surface area contributed by atoms with Crippen molar-refractivity contribution in [2.24, 2.45) is 17.4 Å². The highest BCUT2D eigenvalue weighted by atomic mass is 16.4. The lowest BCUT2D eigenvalue weighted by molar-refractivity contribution is -0.145. The van der Waals surface area contributed by atoms with Crippen molar-refractivity contribution in [1.82, 2.24) is 16.0 Å². The van der Waals surface area contributed by atoms with Gasteiger partial charge >= 0.3 is 11.9 Å². The van der Waals surface area contributed by atoms with Gasteiger partial charge < -0.3 is 42.7 Å². The molecular formula is C20H35N5O9. The van der Waals surface area contributed by atoms with Crippen molar-refractivity contribution in [3.8, 4) is 0 Å². The van der Waals surface area contributed by atoms with Crippen LogP contribution in [0, 0.1) is 5.92 Å². The molecule has 0 spiro atoms. The molecule has 0 aliphatic rings. The van der Waals surface area contributed by atoms with Crippen LogP contribution in [0.3, 0.4) is 0 Å². The fourth-order valence-electron chi connectivity index (χ4n) is 2.90. The molecule has 0 aliphatic heterocycles. The zero-order valence-electron chi connectivity index (χ0n) is 19.4. The summed E-state index contributed by atoms with van der Waals surface area (Å²) in [6.07, 6.45) is -2.64. The van der Waals surface area contributed by atoms with Gasteiger partial charge in [0.25, 0.3) is 0 Å². The molecule has 0 aromatic carbocycles. The number of carbonyl (C=O) groups excluding carboxylic acids is 4. The topological polar surface area (TPSA) is 251 Å². The van der Waals surface area contributed by atoms with E-state index in [1.54, 1.807) is 0 Å². The summed E-state index contributed by atoms with van der Waals surface area (Å²) in [5, 5.41) is 34.3. The summed E-state index contributed by atoms with van der Waals surface area (Å²) in [5.41, 5.74) is 10.9. The number of rotatable bonds is 16. The molecule has 10 N–H and O–H groups in total. The van der Waals surface area contributed by atoms with Crippen LogP contribution in [0.5, 0.6) is 0 Å². The molecule has 14 nitrogen and oxygen atoms in total. The van der Waals surface area contributed by atoms with Gasteiger partial charge in [0.2, 0.25) is 23.6 Å². The highest BCUT2D eigenvalue weighted by molar-refractivity contribution is 5.94. The van der Waals surface area contributed by atoms with Crippen molar-refractivity contribution in [3.05, 3.63) is 0 Å². The highest BCUT2D eigenvalue weighted by Crippen LogP contribution is 2.07. The second kappa shape index (κ2) is 14.8. The second-order valence-electron chi connectivity index (χ2n) is 8.36. The van der Waals surface area contributed by atoms with Gasteiger partial charge in [-0.25, -0.2) is 4.79 Å². The highest BCUT2D eigenvalue weighted by Gasteiger charge is 2.32. The Morgan fingerprint density at radius 3 is 1.68 bits per heavy atom. The third kappa shape index (κ3) is 12.1. The Kier molecular flexibility index (Phi) is 13.4. The predicted molar refractivity (Wildman–Crippen MR) is 118 cm³/mol. The van der Waals surface area contributed by atoms with Crippen LogP contribution in [-0.4, -0.2) is 81.2 Å². The first-order valence-corrected chi connectivity index (χ1v) is 10.7. The summed E-state index contributed by atoms with van der Waals surface area (Å²) in [7, 11) is 0. The molecule has 4 amide bonds. The van der Waals surface area contributed by atoms with Crippen LogP contribution in [0.4, 0.5) is 0 Å². The third-order valence-corrected chi connectivity index (χ3v) is 4.70. The standard InChI is InChI=1S/C20H35N5O9/c1-9(2)8-11(21)17(30)23-12(4-6-14(22)27)18(31)24-13(5-7-15(28)29)19(32)25-16(10(3)26)20(33)34/h9-13,16,26H,4-8,21H2,1-3H3,(H2,22,27)(H,23,30)(H,24,31)(H,25,32)(H,28,29)(H,33,34). The van der Waals surface area contributed by atoms with Gasteiger partial charge in [-0.15, -0.1) is 0 Å². The molecule has 14 heteroatoms. The fourth-order valence-corrected chi connectivity index (χ4v) is 2.90. The summed E-state index contributed by atoms with van der Waals surface area (Å²) in [5.74, 6) is -6.16. The third-order valence-electron chi connectivity index (χ3n) is 4.70. The van der Waals surface area contributed by atoms with Crippen molar-refractivity contribution >= 4 is 35.6 Å². The van der Waals surface area contributed by atoms with Crippen molar-refractivity contribution < 1.29 is 44.1 Å². The van der Waals surface area contributed by atoms with Gasteiger partial charge in [-0.05, 0) is 32.1 Å². The number of aliphatic hydroxyl groups excluding tert-OH is 1. The first-order valence-electron chi connectivity index (χ1n) is 10.7. The monoisotopic (exact) mass is 489 g/mol. The van der Waals surface area contributed by atoms with Gasteiger partial charge in [-0.3, -0.25) is 24.0 Å². The van der Waals surface area contributed by atoms with E-state index in [-0.39, 0.29) is 18.8 Å². The smallest absolute Gasteiger partial charge is 0.328 e. The van der Waals surface area contributed by atoms with E-state index in [2.05, 4.69) is 10.6 Å². The van der Waals surface area contributed by atoms with Gasteiger partial charge in [-0.1, -0.05) is 13.8 Å². The molecule has 194 valence electrons. The Bertz CT molecular complexity index is 757. The average Bonchev–Trinajstić information content (AvgIpc) is 2.70. The summed E-state index contributed by atoms with van der Waals surface area (Å²) >= 11 is 0. The molecule has 5 unspecified atom stereocenters. The van der Waals surface area contributed by atoms with Crippen molar-refractivity contribution in [3.63, 3.8) is 0 Å². The van der Waals surface area contributed by atoms with Gasteiger partial charge in [0.15, 0.2) is 6.04 Å². The molecule has 0 bridgehead atoms. The number of hydrogen-bond donors (Lipinski definition) is 8. The van der Waals surface area contributed by atoms with E-state index in [9.17, 15) is 33.9 Å². The van der Waals surface area contributed by atoms with E-state index in [0.29, 0.717) is 6.42 Å². The first kappa shape index (κ1) is 30.7. The van der Waals surface area contributed by atoms with Crippen LogP contribution in [0.25, 0.3) is 0 Å². The van der Waals surface area contributed by atoms with Crippen molar-refractivity contribution in [2.75, 3.05) is 0 Å². The maximum Gasteiger partial charge on any atom is 0.328 e. The molecule has 0 aromatic rings. The Morgan fingerprint density at radius 1 is 0.794 bits per heavy atom. The predicted octanol–water partition coefficient (Wildman–Crippen LogP) is -2.59. The normalized spacial score (nSPS) is 15.4. The largest absolute Gasteiger partial charge is 0.481 e. The van der Waals surface area contributed by atoms with Crippen LogP contribution < -0.4 is 27.4 Å². The minimum Gasteiger partial charge on any atom is -0.481 e. The molecule has 0 aromatic heterocycles. The molecule has 34 heavy (non-hydrogen) atoms. The lowest BCUT2D eigenvalue weighted by atomic mass is 10.0. The van der Waals surface area contributed by atoms with E-state index in [1.807, 2.05) is 19.2 Å². The van der Waals surface area contributed by atoms with E-state index >= 15 is 0 Å². The van der Waals surface area contributed by atoms with E-state index < -0.39 is 78.7 Å². The number of carboxylic acid groups (broad SMARTS) is 2. The summed E-state index contributed by atoms with van der Waals surface area (Å²) in [6, 6.07) is -5.50. The lowest BCUT2D eigenvalue weighted by Crippen LogP contribution is -2.58. The number of primary amides is 1. The van der Waals surface area contributed by atoms with Crippen LogP contribution >= 0.6 is 0 Å². The van der Waals surface area contributed by atoms with Gasteiger partial charge in [-0.2, -0.15) is 0 Å². The quantitative estimate of drug-likeness (QED) is 0.112. The SMILES string of the molecule is CC(C)CC(N)C(=O)NC(CCC(N)=O)C(=O)NC(CCC(=O)O)C(=O)NC(C(=O)O)C(C)O. The Morgan fingerprint density at radius 2 is 1.26 bits per heavy atom. The number of amides is 4. The molecule has 5 atom stereocenters. The van der Waals surface area contributed by atoms with Gasteiger partial charge in [0, 0.05) is 12.8 Å².